The van der Waals surface area contributed by atoms with Gasteiger partial charge in [0.1, 0.15) is 0 Å². The molecule has 106 valence electrons. The first-order chi connectivity index (χ1) is 9.11. The van der Waals surface area contributed by atoms with E-state index in [0.717, 1.165) is 18.8 Å². The van der Waals surface area contributed by atoms with Gasteiger partial charge in [-0.25, -0.2) is 8.42 Å². The van der Waals surface area contributed by atoms with E-state index in [1.54, 1.807) is 0 Å². The molecule has 0 amide bonds. The third-order valence-corrected chi connectivity index (χ3v) is 4.80. The van der Waals surface area contributed by atoms with E-state index in [1.165, 1.54) is 12.8 Å². The fraction of sp³-hybridized carbons (Fsp3) is 0.538. The van der Waals surface area contributed by atoms with E-state index >= 15 is 0 Å². The topological polar surface area (TPSA) is 49.4 Å². The molecule has 0 atom stereocenters. The molecular weight excluding hydrogens is 284 g/mol. The smallest absolute Gasteiger partial charge is 0.232 e. The molecule has 0 bridgehead atoms. The van der Waals surface area contributed by atoms with Crippen LogP contribution in [0.5, 0.6) is 0 Å². The van der Waals surface area contributed by atoms with E-state index in [0.29, 0.717) is 18.0 Å². The molecule has 0 saturated carbocycles. The van der Waals surface area contributed by atoms with Crippen LogP contribution in [0.3, 0.4) is 0 Å². The van der Waals surface area contributed by atoms with Crippen molar-refractivity contribution in [1.82, 2.24) is 0 Å². The molecule has 0 aromatic heterocycles. The molecule has 1 N–H and O–H groups in total. The van der Waals surface area contributed by atoms with Crippen molar-refractivity contribution in [2.75, 3.05) is 34.3 Å². The highest BCUT2D eigenvalue weighted by Crippen LogP contribution is 2.22. The minimum absolute atomic E-state index is 0.0599. The Morgan fingerprint density at radius 3 is 2.37 bits per heavy atom. The number of anilines is 2. The van der Waals surface area contributed by atoms with Gasteiger partial charge < -0.3 is 4.90 Å². The van der Waals surface area contributed by atoms with E-state index in [2.05, 4.69) is 9.62 Å². The minimum Gasteiger partial charge on any atom is -0.372 e. The highest BCUT2D eigenvalue weighted by Gasteiger charge is 2.13. The highest BCUT2D eigenvalue weighted by molar-refractivity contribution is 7.92. The quantitative estimate of drug-likeness (QED) is 0.822. The van der Waals surface area contributed by atoms with Crippen LogP contribution in [0, 0.1) is 0 Å². The van der Waals surface area contributed by atoms with Crippen molar-refractivity contribution in [3.05, 3.63) is 24.3 Å². The number of rotatable bonds is 6. The van der Waals surface area contributed by atoms with E-state index in [4.69, 9.17) is 11.6 Å². The Hall–Kier alpha value is -0.940. The molecule has 0 unspecified atom stereocenters. The average molecular weight is 303 g/mol. The summed E-state index contributed by atoms with van der Waals surface area (Å²) in [4.78, 5) is 2.31. The number of benzene rings is 1. The third-order valence-electron chi connectivity index (χ3n) is 3.16. The predicted molar refractivity (Wildman–Crippen MR) is 80.6 cm³/mol. The van der Waals surface area contributed by atoms with Gasteiger partial charge in [0.25, 0.3) is 0 Å². The molecule has 1 saturated heterocycles. The second-order valence-corrected chi connectivity index (χ2v) is 6.92. The number of halogens is 1. The standard InChI is InChI=1S/C13H19ClN2O2S/c14-8-3-11-19(17,18)15-12-4-6-13(7-5-12)16-9-1-2-10-16/h4-7,15H,1-3,8-11H2. The molecule has 4 nitrogen and oxygen atoms in total. The first-order valence-electron chi connectivity index (χ1n) is 6.52. The lowest BCUT2D eigenvalue weighted by Gasteiger charge is -2.18. The molecule has 6 heteroatoms. The number of hydrogen-bond donors (Lipinski definition) is 1. The Bertz CT molecular complexity index is 496. The van der Waals surface area contributed by atoms with Crippen LogP contribution in [-0.2, 0) is 10.0 Å². The van der Waals surface area contributed by atoms with Gasteiger partial charge in [-0.1, -0.05) is 0 Å². The Kier molecular flexibility index (Phi) is 4.93. The summed E-state index contributed by atoms with van der Waals surface area (Å²) in [6.07, 6.45) is 2.92. The van der Waals surface area contributed by atoms with Crippen LogP contribution in [0.15, 0.2) is 24.3 Å². The summed E-state index contributed by atoms with van der Waals surface area (Å²) in [5.41, 5.74) is 1.76. The van der Waals surface area contributed by atoms with Crippen LogP contribution in [-0.4, -0.2) is 33.1 Å². The molecule has 1 aliphatic heterocycles. The first-order valence-corrected chi connectivity index (χ1v) is 8.71. The zero-order valence-electron chi connectivity index (χ0n) is 10.8. The maximum absolute atomic E-state index is 11.7. The van der Waals surface area contributed by atoms with Crippen LogP contribution in [0.1, 0.15) is 19.3 Å². The Labute approximate surface area is 119 Å². The van der Waals surface area contributed by atoms with Gasteiger partial charge in [0, 0.05) is 30.3 Å². The van der Waals surface area contributed by atoms with Gasteiger partial charge >= 0.3 is 0 Å². The summed E-state index contributed by atoms with van der Waals surface area (Å²) in [6.45, 7) is 2.17. The zero-order chi connectivity index (χ0) is 13.7. The molecule has 0 spiro atoms. The summed E-state index contributed by atoms with van der Waals surface area (Å²) in [5.74, 6) is 0.416. The lowest BCUT2D eigenvalue weighted by Crippen LogP contribution is -2.18. The molecule has 0 aliphatic carbocycles. The van der Waals surface area contributed by atoms with Gasteiger partial charge in [-0.2, -0.15) is 0 Å². The largest absolute Gasteiger partial charge is 0.372 e. The molecule has 1 heterocycles. The number of hydrogen-bond acceptors (Lipinski definition) is 3. The van der Waals surface area contributed by atoms with Crippen molar-refractivity contribution in [2.45, 2.75) is 19.3 Å². The first kappa shape index (κ1) is 14.5. The molecule has 1 aliphatic rings. The van der Waals surface area contributed by atoms with Gasteiger partial charge in [-0.3, -0.25) is 4.72 Å². The molecule has 1 fully saturated rings. The second-order valence-electron chi connectivity index (χ2n) is 4.70. The molecular formula is C13H19ClN2O2S. The van der Waals surface area contributed by atoms with Crippen molar-refractivity contribution < 1.29 is 8.42 Å². The van der Waals surface area contributed by atoms with Gasteiger partial charge in [0.2, 0.25) is 10.0 Å². The van der Waals surface area contributed by atoms with E-state index in [1.807, 2.05) is 24.3 Å². The molecule has 1 aromatic carbocycles. The van der Waals surface area contributed by atoms with Crippen molar-refractivity contribution in [1.29, 1.82) is 0 Å². The molecule has 1 aromatic rings. The second kappa shape index (κ2) is 6.48. The van der Waals surface area contributed by atoms with Crippen molar-refractivity contribution in [2.24, 2.45) is 0 Å². The summed E-state index contributed by atoms with van der Waals surface area (Å²) in [6, 6.07) is 7.55. The van der Waals surface area contributed by atoms with Crippen LogP contribution in [0.2, 0.25) is 0 Å². The summed E-state index contributed by atoms with van der Waals surface area (Å²) in [5, 5.41) is 0. The number of nitrogens with one attached hydrogen (secondary N) is 1. The normalized spacial score (nSPS) is 15.7. The lowest BCUT2D eigenvalue weighted by molar-refractivity contribution is 0.600. The Morgan fingerprint density at radius 2 is 1.79 bits per heavy atom. The van der Waals surface area contributed by atoms with Crippen LogP contribution in [0.4, 0.5) is 11.4 Å². The Morgan fingerprint density at radius 1 is 1.16 bits per heavy atom. The van der Waals surface area contributed by atoms with Gasteiger partial charge in [-0.15, -0.1) is 11.6 Å². The maximum atomic E-state index is 11.7. The average Bonchev–Trinajstić information content (AvgIpc) is 2.91. The van der Waals surface area contributed by atoms with E-state index < -0.39 is 10.0 Å². The Balaban J connectivity index is 1.98. The van der Waals surface area contributed by atoms with Crippen LogP contribution >= 0.6 is 11.6 Å². The third kappa shape index (κ3) is 4.28. The van der Waals surface area contributed by atoms with Gasteiger partial charge in [0.15, 0.2) is 0 Å². The van der Waals surface area contributed by atoms with Crippen molar-refractivity contribution >= 4 is 33.0 Å². The van der Waals surface area contributed by atoms with Crippen molar-refractivity contribution in [3.63, 3.8) is 0 Å². The predicted octanol–water partition coefficient (Wildman–Crippen LogP) is 2.66. The zero-order valence-corrected chi connectivity index (χ0v) is 12.4. The SMILES string of the molecule is O=S(=O)(CCCCl)Nc1ccc(N2CCCC2)cc1. The van der Waals surface area contributed by atoms with E-state index in [-0.39, 0.29) is 5.75 Å². The maximum Gasteiger partial charge on any atom is 0.232 e. The highest BCUT2D eigenvalue weighted by atomic mass is 35.5. The lowest BCUT2D eigenvalue weighted by atomic mass is 10.2. The number of nitrogens with zero attached hydrogens (tertiary/aromatic N) is 1. The summed E-state index contributed by atoms with van der Waals surface area (Å²) in [7, 11) is -3.28. The molecule has 0 radical (unpaired) electrons. The van der Waals surface area contributed by atoms with E-state index in [9.17, 15) is 8.42 Å². The van der Waals surface area contributed by atoms with Crippen LogP contribution in [0.25, 0.3) is 0 Å². The van der Waals surface area contributed by atoms with Crippen molar-refractivity contribution in [3.8, 4) is 0 Å². The number of sulfonamides is 1. The minimum atomic E-state index is -3.28. The van der Waals surface area contributed by atoms with Crippen LogP contribution < -0.4 is 9.62 Å². The molecule has 2 rings (SSSR count). The fourth-order valence-corrected chi connectivity index (χ4v) is 3.60. The summed E-state index contributed by atoms with van der Waals surface area (Å²) >= 11 is 5.51. The number of alkyl halides is 1. The molecule has 19 heavy (non-hydrogen) atoms. The summed E-state index contributed by atoms with van der Waals surface area (Å²) < 4.78 is 26.0. The van der Waals surface area contributed by atoms with Gasteiger partial charge in [-0.05, 0) is 43.5 Å². The van der Waals surface area contributed by atoms with Gasteiger partial charge in [0.05, 0.1) is 5.75 Å². The fourth-order valence-electron chi connectivity index (χ4n) is 2.19. The monoisotopic (exact) mass is 302 g/mol.